The van der Waals surface area contributed by atoms with Crippen molar-refractivity contribution < 1.29 is 14.0 Å². The van der Waals surface area contributed by atoms with Crippen molar-refractivity contribution in [3.63, 3.8) is 0 Å². The van der Waals surface area contributed by atoms with E-state index in [0.29, 0.717) is 37.9 Å². The SMILES string of the molecule is Cc1ccc(CNC(=O)CCCCNC(N)=O)cc1F. The Morgan fingerprint density at radius 3 is 2.65 bits per heavy atom. The number of carbonyl (C=O) groups excluding carboxylic acids is 2. The van der Waals surface area contributed by atoms with E-state index < -0.39 is 6.03 Å². The molecular weight excluding hydrogens is 261 g/mol. The largest absolute Gasteiger partial charge is 0.352 e. The van der Waals surface area contributed by atoms with Gasteiger partial charge in [-0.15, -0.1) is 0 Å². The lowest BCUT2D eigenvalue weighted by Crippen LogP contribution is -2.30. The van der Waals surface area contributed by atoms with Gasteiger partial charge in [0.25, 0.3) is 0 Å². The molecule has 0 bridgehead atoms. The van der Waals surface area contributed by atoms with Crippen molar-refractivity contribution in [3.8, 4) is 0 Å². The highest BCUT2D eigenvalue weighted by Gasteiger charge is 2.03. The Hall–Kier alpha value is -2.11. The predicted octanol–water partition coefficient (Wildman–Crippen LogP) is 1.59. The molecule has 0 heterocycles. The average molecular weight is 281 g/mol. The van der Waals surface area contributed by atoms with Gasteiger partial charge in [0.2, 0.25) is 5.91 Å². The summed E-state index contributed by atoms with van der Waals surface area (Å²) < 4.78 is 13.3. The van der Waals surface area contributed by atoms with E-state index in [9.17, 15) is 14.0 Å². The third-order valence-electron chi connectivity index (χ3n) is 2.86. The molecule has 0 aromatic heterocycles. The first kappa shape index (κ1) is 15.9. The fraction of sp³-hybridized carbons (Fsp3) is 0.429. The molecule has 0 saturated carbocycles. The Balaban J connectivity index is 2.19. The molecule has 20 heavy (non-hydrogen) atoms. The van der Waals surface area contributed by atoms with Crippen LogP contribution >= 0.6 is 0 Å². The van der Waals surface area contributed by atoms with Gasteiger partial charge in [-0.05, 0) is 37.0 Å². The van der Waals surface area contributed by atoms with Crippen LogP contribution in [-0.4, -0.2) is 18.5 Å². The minimum atomic E-state index is -0.559. The number of hydrogen-bond donors (Lipinski definition) is 3. The molecule has 0 atom stereocenters. The molecule has 0 unspecified atom stereocenters. The second-order valence-corrected chi connectivity index (χ2v) is 4.61. The molecule has 1 aromatic carbocycles. The van der Waals surface area contributed by atoms with E-state index in [1.807, 2.05) is 0 Å². The molecule has 0 spiro atoms. The Bertz CT molecular complexity index is 477. The minimum Gasteiger partial charge on any atom is -0.352 e. The van der Waals surface area contributed by atoms with Gasteiger partial charge in [0.1, 0.15) is 5.82 Å². The maximum Gasteiger partial charge on any atom is 0.312 e. The van der Waals surface area contributed by atoms with Crippen LogP contribution in [0, 0.1) is 12.7 Å². The monoisotopic (exact) mass is 281 g/mol. The molecule has 0 fully saturated rings. The number of primary amides is 1. The Kier molecular flexibility index (Phi) is 6.49. The van der Waals surface area contributed by atoms with Gasteiger partial charge in [-0.3, -0.25) is 4.79 Å². The first-order valence-corrected chi connectivity index (χ1v) is 6.54. The Labute approximate surface area is 117 Å². The standard InChI is InChI=1S/C14H20FN3O2/c1-10-5-6-11(8-12(10)15)9-18-13(19)4-2-3-7-17-14(16)20/h5-6,8H,2-4,7,9H2,1H3,(H,18,19)(H3,16,17,20). The molecule has 5 nitrogen and oxygen atoms in total. The van der Waals surface area contributed by atoms with E-state index in [4.69, 9.17) is 5.73 Å². The summed E-state index contributed by atoms with van der Waals surface area (Å²) in [5.74, 6) is -0.362. The summed E-state index contributed by atoms with van der Waals surface area (Å²) in [4.78, 5) is 22.0. The summed E-state index contributed by atoms with van der Waals surface area (Å²) in [5.41, 5.74) is 6.23. The van der Waals surface area contributed by atoms with Gasteiger partial charge < -0.3 is 16.4 Å². The van der Waals surface area contributed by atoms with Crippen molar-refractivity contribution in [2.45, 2.75) is 32.7 Å². The molecule has 0 aliphatic heterocycles. The number of nitrogens with two attached hydrogens (primary N) is 1. The fourth-order valence-corrected chi connectivity index (χ4v) is 1.66. The number of aryl methyl sites for hydroxylation is 1. The van der Waals surface area contributed by atoms with Crippen molar-refractivity contribution in [3.05, 3.63) is 35.1 Å². The van der Waals surface area contributed by atoms with Crippen molar-refractivity contribution in [1.29, 1.82) is 0 Å². The lowest BCUT2D eigenvalue weighted by molar-refractivity contribution is -0.121. The van der Waals surface area contributed by atoms with E-state index in [1.54, 1.807) is 19.1 Å². The third kappa shape index (κ3) is 6.17. The third-order valence-corrected chi connectivity index (χ3v) is 2.86. The maximum absolute atomic E-state index is 13.3. The summed E-state index contributed by atoms with van der Waals surface area (Å²) in [7, 11) is 0. The Morgan fingerprint density at radius 1 is 1.25 bits per heavy atom. The molecule has 1 aromatic rings. The topological polar surface area (TPSA) is 84.2 Å². The molecule has 4 N–H and O–H groups in total. The highest BCUT2D eigenvalue weighted by Crippen LogP contribution is 2.09. The molecule has 0 saturated heterocycles. The summed E-state index contributed by atoms with van der Waals surface area (Å²) in [5, 5.41) is 5.18. The number of amides is 3. The summed E-state index contributed by atoms with van der Waals surface area (Å²) >= 11 is 0. The number of hydrogen-bond acceptors (Lipinski definition) is 2. The smallest absolute Gasteiger partial charge is 0.312 e. The highest BCUT2D eigenvalue weighted by molar-refractivity contribution is 5.75. The van der Waals surface area contributed by atoms with Crippen LogP contribution in [0.3, 0.4) is 0 Å². The number of nitrogens with one attached hydrogen (secondary N) is 2. The molecule has 6 heteroatoms. The van der Waals surface area contributed by atoms with Crippen LogP contribution in [0.15, 0.2) is 18.2 Å². The van der Waals surface area contributed by atoms with Crippen LogP contribution in [0.1, 0.15) is 30.4 Å². The summed E-state index contributed by atoms with van der Waals surface area (Å²) in [6.45, 7) is 2.47. The van der Waals surface area contributed by atoms with Crippen LogP contribution in [0.2, 0.25) is 0 Å². The van der Waals surface area contributed by atoms with Gasteiger partial charge >= 0.3 is 6.03 Å². The minimum absolute atomic E-state index is 0.0925. The van der Waals surface area contributed by atoms with Gasteiger partial charge in [0.05, 0.1) is 0 Å². The normalized spacial score (nSPS) is 10.1. The average Bonchev–Trinajstić information content (AvgIpc) is 2.39. The fourth-order valence-electron chi connectivity index (χ4n) is 1.66. The van der Waals surface area contributed by atoms with Gasteiger partial charge in [0.15, 0.2) is 0 Å². The summed E-state index contributed by atoms with van der Waals surface area (Å²) in [6, 6.07) is 4.34. The highest BCUT2D eigenvalue weighted by atomic mass is 19.1. The molecule has 0 radical (unpaired) electrons. The molecule has 1 rings (SSSR count). The Morgan fingerprint density at radius 2 is 2.00 bits per heavy atom. The number of benzene rings is 1. The van der Waals surface area contributed by atoms with Gasteiger partial charge in [-0.1, -0.05) is 12.1 Å². The first-order chi connectivity index (χ1) is 9.49. The maximum atomic E-state index is 13.3. The molecular formula is C14H20FN3O2. The number of rotatable bonds is 7. The van der Waals surface area contributed by atoms with Crippen molar-refractivity contribution in [2.24, 2.45) is 5.73 Å². The van der Waals surface area contributed by atoms with Crippen molar-refractivity contribution in [1.82, 2.24) is 10.6 Å². The summed E-state index contributed by atoms with van der Waals surface area (Å²) in [6.07, 6.45) is 1.72. The van der Waals surface area contributed by atoms with Crippen molar-refractivity contribution >= 4 is 11.9 Å². The van der Waals surface area contributed by atoms with Crippen molar-refractivity contribution in [2.75, 3.05) is 6.54 Å². The number of urea groups is 1. The second kappa shape index (κ2) is 8.14. The van der Waals surface area contributed by atoms with E-state index in [2.05, 4.69) is 10.6 Å². The van der Waals surface area contributed by atoms with E-state index in [1.165, 1.54) is 6.07 Å². The van der Waals surface area contributed by atoms with Crippen LogP contribution in [0.4, 0.5) is 9.18 Å². The molecule has 110 valence electrons. The van der Waals surface area contributed by atoms with Crippen LogP contribution in [0.25, 0.3) is 0 Å². The quantitative estimate of drug-likeness (QED) is 0.663. The molecule has 3 amide bonds. The van der Waals surface area contributed by atoms with E-state index in [0.717, 1.165) is 5.56 Å². The zero-order valence-corrected chi connectivity index (χ0v) is 11.5. The predicted molar refractivity (Wildman–Crippen MR) is 74.4 cm³/mol. The van der Waals surface area contributed by atoms with Crippen LogP contribution in [-0.2, 0) is 11.3 Å². The number of carbonyl (C=O) groups is 2. The van der Waals surface area contributed by atoms with Crippen LogP contribution < -0.4 is 16.4 Å². The van der Waals surface area contributed by atoms with Crippen LogP contribution in [0.5, 0.6) is 0 Å². The van der Waals surface area contributed by atoms with E-state index >= 15 is 0 Å². The molecule has 0 aliphatic carbocycles. The molecule has 0 aliphatic rings. The lowest BCUT2D eigenvalue weighted by atomic mass is 10.1. The zero-order valence-electron chi connectivity index (χ0n) is 11.5. The van der Waals surface area contributed by atoms with Gasteiger partial charge in [-0.2, -0.15) is 0 Å². The second-order valence-electron chi connectivity index (χ2n) is 4.61. The van der Waals surface area contributed by atoms with E-state index in [-0.39, 0.29) is 11.7 Å². The zero-order chi connectivity index (χ0) is 15.0. The number of halogens is 1. The van der Waals surface area contributed by atoms with Gasteiger partial charge in [0, 0.05) is 19.5 Å². The first-order valence-electron chi connectivity index (χ1n) is 6.54. The van der Waals surface area contributed by atoms with Gasteiger partial charge in [-0.25, -0.2) is 9.18 Å². The number of unbranched alkanes of at least 4 members (excludes halogenated alkanes) is 1. The lowest BCUT2D eigenvalue weighted by Gasteiger charge is -2.06.